The molecule has 29 heavy (non-hydrogen) atoms. The van der Waals surface area contributed by atoms with Crippen LogP contribution in [0.1, 0.15) is 30.9 Å². The fourth-order valence-electron chi connectivity index (χ4n) is 2.70. The van der Waals surface area contributed by atoms with Crippen molar-refractivity contribution in [1.29, 1.82) is 0 Å². The van der Waals surface area contributed by atoms with Crippen molar-refractivity contribution in [3.05, 3.63) is 47.8 Å². The Morgan fingerprint density at radius 2 is 1.83 bits per heavy atom. The molecule has 162 valence electrons. The number of nitrogens with one attached hydrogen (secondary N) is 2. The lowest BCUT2D eigenvalue weighted by molar-refractivity contribution is 0.145. The maximum atomic E-state index is 5.40. The number of guanidine groups is 1. The lowest BCUT2D eigenvalue weighted by Gasteiger charge is -2.13. The maximum Gasteiger partial charge on any atom is 0.191 e. The van der Waals surface area contributed by atoms with E-state index in [0.29, 0.717) is 6.54 Å². The third-order valence-electron chi connectivity index (χ3n) is 4.23. The Bertz CT molecular complexity index is 703. The van der Waals surface area contributed by atoms with E-state index in [2.05, 4.69) is 21.9 Å². The SMILES string of the molecule is CCOCCCNC(=NCc1ccc(OC)cc1)NCCCc1cnn(C)c1.I. The highest BCUT2D eigenvalue weighted by atomic mass is 127. The van der Waals surface area contributed by atoms with Crippen LogP contribution in [0, 0.1) is 0 Å². The second-order valence-electron chi connectivity index (χ2n) is 6.54. The number of halogens is 1. The minimum Gasteiger partial charge on any atom is -0.497 e. The molecule has 0 atom stereocenters. The first kappa shape index (κ1) is 25.2. The van der Waals surface area contributed by atoms with Gasteiger partial charge < -0.3 is 20.1 Å². The molecule has 0 spiro atoms. The van der Waals surface area contributed by atoms with Crippen molar-refractivity contribution in [3.8, 4) is 5.75 Å². The number of ether oxygens (including phenoxy) is 2. The van der Waals surface area contributed by atoms with Crippen LogP contribution in [0.25, 0.3) is 0 Å². The molecule has 0 aliphatic carbocycles. The topological polar surface area (TPSA) is 72.7 Å². The highest BCUT2D eigenvalue weighted by Crippen LogP contribution is 2.11. The van der Waals surface area contributed by atoms with Crippen molar-refractivity contribution in [2.24, 2.45) is 12.0 Å². The Labute approximate surface area is 191 Å². The molecule has 7 nitrogen and oxygen atoms in total. The van der Waals surface area contributed by atoms with Crippen LogP contribution in [0.15, 0.2) is 41.7 Å². The van der Waals surface area contributed by atoms with Gasteiger partial charge in [0, 0.05) is 39.5 Å². The van der Waals surface area contributed by atoms with Crippen molar-refractivity contribution in [2.45, 2.75) is 32.7 Å². The second kappa shape index (κ2) is 15.1. The summed E-state index contributed by atoms with van der Waals surface area (Å²) in [5, 5.41) is 11.0. The fraction of sp³-hybridized carbons (Fsp3) is 0.524. The first-order chi connectivity index (χ1) is 13.7. The van der Waals surface area contributed by atoms with E-state index in [-0.39, 0.29) is 24.0 Å². The number of aliphatic imine (C=N–C) groups is 1. The Kier molecular flexibility index (Phi) is 13.1. The molecule has 0 radical (unpaired) electrons. The molecule has 0 amide bonds. The zero-order chi connectivity index (χ0) is 20.0. The highest BCUT2D eigenvalue weighted by molar-refractivity contribution is 14.0. The third-order valence-corrected chi connectivity index (χ3v) is 4.23. The zero-order valence-corrected chi connectivity index (χ0v) is 20.0. The van der Waals surface area contributed by atoms with Crippen molar-refractivity contribution >= 4 is 29.9 Å². The summed E-state index contributed by atoms with van der Waals surface area (Å²) in [4.78, 5) is 4.71. The summed E-state index contributed by atoms with van der Waals surface area (Å²) >= 11 is 0. The van der Waals surface area contributed by atoms with Gasteiger partial charge in [-0.05, 0) is 49.4 Å². The van der Waals surface area contributed by atoms with E-state index in [9.17, 15) is 0 Å². The van der Waals surface area contributed by atoms with Gasteiger partial charge in [-0.2, -0.15) is 5.10 Å². The molecule has 0 saturated carbocycles. The van der Waals surface area contributed by atoms with E-state index in [0.717, 1.165) is 62.8 Å². The van der Waals surface area contributed by atoms with E-state index in [1.807, 2.05) is 49.1 Å². The molecule has 0 aliphatic rings. The summed E-state index contributed by atoms with van der Waals surface area (Å²) in [6, 6.07) is 8.00. The Morgan fingerprint density at radius 3 is 2.45 bits per heavy atom. The molecule has 1 heterocycles. The van der Waals surface area contributed by atoms with E-state index < -0.39 is 0 Å². The molecule has 0 saturated heterocycles. The number of methoxy groups -OCH3 is 1. The van der Waals surface area contributed by atoms with Gasteiger partial charge in [0.2, 0.25) is 0 Å². The number of rotatable bonds is 12. The van der Waals surface area contributed by atoms with Crippen molar-refractivity contribution in [3.63, 3.8) is 0 Å². The molecule has 0 fully saturated rings. The van der Waals surface area contributed by atoms with E-state index in [4.69, 9.17) is 14.5 Å². The summed E-state index contributed by atoms with van der Waals surface area (Å²) in [7, 11) is 3.62. The quantitative estimate of drug-likeness (QED) is 0.197. The first-order valence-corrected chi connectivity index (χ1v) is 9.91. The highest BCUT2D eigenvalue weighted by Gasteiger charge is 2.01. The second-order valence-corrected chi connectivity index (χ2v) is 6.54. The van der Waals surface area contributed by atoms with Gasteiger partial charge in [0.05, 0.1) is 19.9 Å². The summed E-state index contributed by atoms with van der Waals surface area (Å²) in [5.74, 6) is 1.69. The van der Waals surface area contributed by atoms with Crippen LogP contribution in [0.3, 0.4) is 0 Å². The van der Waals surface area contributed by atoms with Crippen LogP contribution in [0.5, 0.6) is 5.75 Å². The molecule has 1 aromatic heterocycles. The summed E-state index contributed by atoms with van der Waals surface area (Å²) < 4.78 is 12.4. The van der Waals surface area contributed by atoms with Gasteiger partial charge in [-0.1, -0.05) is 12.1 Å². The predicted octanol–water partition coefficient (Wildman–Crippen LogP) is 3.14. The van der Waals surface area contributed by atoms with Gasteiger partial charge in [0.25, 0.3) is 0 Å². The normalized spacial score (nSPS) is 11.1. The molecule has 0 aliphatic heterocycles. The number of nitrogens with zero attached hydrogens (tertiary/aromatic N) is 3. The predicted molar refractivity (Wildman–Crippen MR) is 128 cm³/mol. The summed E-state index contributed by atoms with van der Waals surface area (Å²) in [6.07, 6.45) is 6.95. The molecule has 2 N–H and O–H groups in total. The number of hydrogen-bond donors (Lipinski definition) is 2. The average molecular weight is 515 g/mol. The molecular weight excluding hydrogens is 481 g/mol. The van der Waals surface area contributed by atoms with Crippen molar-refractivity contribution in [1.82, 2.24) is 20.4 Å². The van der Waals surface area contributed by atoms with Crippen LogP contribution >= 0.6 is 24.0 Å². The molecular formula is C21H34IN5O2. The van der Waals surface area contributed by atoms with Gasteiger partial charge in [0.15, 0.2) is 5.96 Å². The van der Waals surface area contributed by atoms with Crippen LogP contribution < -0.4 is 15.4 Å². The fourth-order valence-corrected chi connectivity index (χ4v) is 2.70. The van der Waals surface area contributed by atoms with Gasteiger partial charge in [-0.15, -0.1) is 24.0 Å². The van der Waals surface area contributed by atoms with Crippen LogP contribution in [-0.4, -0.2) is 49.2 Å². The van der Waals surface area contributed by atoms with Gasteiger partial charge in [0.1, 0.15) is 5.75 Å². The van der Waals surface area contributed by atoms with E-state index >= 15 is 0 Å². The molecule has 8 heteroatoms. The zero-order valence-electron chi connectivity index (χ0n) is 17.7. The first-order valence-electron chi connectivity index (χ1n) is 9.91. The Hall–Kier alpha value is -1.81. The van der Waals surface area contributed by atoms with Crippen LogP contribution in [0.4, 0.5) is 0 Å². The number of aryl methyl sites for hydroxylation is 2. The summed E-state index contributed by atoms with van der Waals surface area (Å²) in [5.41, 5.74) is 2.40. The number of benzene rings is 1. The number of hydrogen-bond acceptors (Lipinski definition) is 4. The van der Waals surface area contributed by atoms with Crippen LogP contribution in [0.2, 0.25) is 0 Å². The van der Waals surface area contributed by atoms with Gasteiger partial charge >= 0.3 is 0 Å². The van der Waals surface area contributed by atoms with Crippen LogP contribution in [-0.2, 0) is 24.8 Å². The lowest BCUT2D eigenvalue weighted by atomic mass is 10.2. The lowest BCUT2D eigenvalue weighted by Crippen LogP contribution is -2.38. The molecule has 1 aromatic carbocycles. The molecule has 2 aromatic rings. The molecule has 0 unspecified atom stereocenters. The summed E-state index contributed by atoms with van der Waals surface area (Å²) in [6.45, 7) is 5.83. The maximum absolute atomic E-state index is 5.40. The minimum atomic E-state index is 0. The van der Waals surface area contributed by atoms with Gasteiger partial charge in [-0.3, -0.25) is 4.68 Å². The van der Waals surface area contributed by atoms with E-state index in [1.54, 1.807) is 7.11 Å². The standard InChI is InChI=1S/C21H33N5O2.HI/c1-4-28-14-6-13-23-21(22-12-5-7-19-16-25-26(2)17-19)24-15-18-8-10-20(27-3)11-9-18;/h8-11,16-17H,4-7,12-15H2,1-3H3,(H2,22,23,24);1H. The average Bonchev–Trinajstić information content (AvgIpc) is 3.14. The largest absolute Gasteiger partial charge is 0.497 e. The number of aromatic nitrogens is 2. The van der Waals surface area contributed by atoms with E-state index in [1.165, 1.54) is 5.56 Å². The van der Waals surface area contributed by atoms with Gasteiger partial charge in [-0.25, -0.2) is 4.99 Å². The molecule has 2 rings (SSSR count). The molecule has 0 bridgehead atoms. The van der Waals surface area contributed by atoms with Crippen molar-refractivity contribution in [2.75, 3.05) is 33.4 Å². The minimum absolute atomic E-state index is 0. The smallest absolute Gasteiger partial charge is 0.191 e. The monoisotopic (exact) mass is 515 g/mol. The Balaban J connectivity index is 0.00000420. The Morgan fingerprint density at radius 1 is 1.10 bits per heavy atom. The van der Waals surface area contributed by atoms with Crippen molar-refractivity contribution < 1.29 is 9.47 Å². The third kappa shape index (κ3) is 10.5.